The largest absolute Gasteiger partial charge is 0.352 e. The Morgan fingerprint density at radius 1 is 1.17 bits per heavy atom. The van der Waals surface area contributed by atoms with E-state index in [4.69, 9.17) is 0 Å². The zero-order valence-electron chi connectivity index (χ0n) is 16.5. The first kappa shape index (κ1) is 20.8. The summed E-state index contributed by atoms with van der Waals surface area (Å²) in [4.78, 5) is 12.7. The van der Waals surface area contributed by atoms with E-state index in [0.29, 0.717) is 36.7 Å². The van der Waals surface area contributed by atoms with E-state index in [1.54, 1.807) is 23.7 Å². The molecule has 1 amide bonds. The standard InChI is InChI=1S/C21H24N4O3S2/c26-21(19-4-1-12-25(16-19)30(27,28)20-5-2-13-29-20)22-14-17-6-8-18(9-7-17)15-24-11-3-10-23-24/h2-3,5-11,13,19H,1,4,12,14-16H2,(H,22,26). The maximum absolute atomic E-state index is 12.7. The second-order valence-electron chi connectivity index (χ2n) is 7.37. The molecule has 0 bridgehead atoms. The molecule has 30 heavy (non-hydrogen) atoms. The van der Waals surface area contributed by atoms with E-state index in [0.717, 1.165) is 11.1 Å². The van der Waals surface area contributed by atoms with Crippen LogP contribution in [0.3, 0.4) is 0 Å². The number of aromatic nitrogens is 2. The normalized spacial score (nSPS) is 17.7. The number of amides is 1. The third-order valence-corrected chi connectivity index (χ3v) is 8.48. The fraction of sp³-hybridized carbons (Fsp3) is 0.333. The number of hydrogen-bond donors (Lipinski definition) is 1. The summed E-state index contributed by atoms with van der Waals surface area (Å²) in [6, 6.07) is 13.3. The summed E-state index contributed by atoms with van der Waals surface area (Å²) in [7, 11) is -3.51. The number of nitrogens with one attached hydrogen (secondary N) is 1. The molecule has 4 rings (SSSR count). The van der Waals surface area contributed by atoms with Gasteiger partial charge in [-0.3, -0.25) is 9.48 Å². The molecule has 3 heterocycles. The van der Waals surface area contributed by atoms with Crippen molar-refractivity contribution in [2.24, 2.45) is 5.92 Å². The Labute approximate surface area is 180 Å². The molecule has 1 N–H and O–H groups in total. The van der Waals surface area contributed by atoms with Gasteiger partial charge >= 0.3 is 0 Å². The number of nitrogens with zero attached hydrogens (tertiary/aromatic N) is 3. The summed E-state index contributed by atoms with van der Waals surface area (Å²) in [5.41, 5.74) is 2.14. The highest BCUT2D eigenvalue weighted by atomic mass is 32.2. The van der Waals surface area contributed by atoms with E-state index < -0.39 is 10.0 Å². The van der Waals surface area contributed by atoms with Crippen molar-refractivity contribution in [3.8, 4) is 0 Å². The van der Waals surface area contributed by atoms with Crippen molar-refractivity contribution in [1.82, 2.24) is 19.4 Å². The Kier molecular flexibility index (Phi) is 6.31. The Balaban J connectivity index is 1.31. The van der Waals surface area contributed by atoms with Crippen molar-refractivity contribution < 1.29 is 13.2 Å². The molecule has 0 saturated carbocycles. The molecule has 0 spiro atoms. The smallest absolute Gasteiger partial charge is 0.252 e. The predicted molar refractivity (Wildman–Crippen MR) is 115 cm³/mol. The predicted octanol–water partition coefficient (Wildman–Crippen LogP) is 2.71. The average molecular weight is 445 g/mol. The van der Waals surface area contributed by atoms with Gasteiger partial charge in [-0.15, -0.1) is 11.3 Å². The fourth-order valence-electron chi connectivity index (χ4n) is 3.59. The van der Waals surface area contributed by atoms with Gasteiger partial charge in [0.15, 0.2) is 0 Å². The lowest BCUT2D eigenvalue weighted by Gasteiger charge is -2.30. The molecule has 1 fully saturated rings. The Bertz CT molecular complexity index is 1060. The molecule has 1 aromatic carbocycles. The molecular weight excluding hydrogens is 420 g/mol. The molecule has 3 aromatic rings. The second kappa shape index (κ2) is 9.11. The molecular formula is C21H24N4O3S2. The first-order chi connectivity index (χ1) is 14.5. The minimum absolute atomic E-state index is 0.0957. The lowest BCUT2D eigenvalue weighted by molar-refractivity contribution is -0.126. The number of rotatable bonds is 7. The summed E-state index contributed by atoms with van der Waals surface area (Å²) in [6.45, 7) is 1.82. The SMILES string of the molecule is O=C(NCc1ccc(Cn2cccn2)cc1)C1CCCN(S(=O)(=O)c2cccs2)C1. The summed E-state index contributed by atoms with van der Waals surface area (Å²) >= 11 is 1.21. The van der Waals surface area contributed by atoms with Crippen LogP contribution in [-0.2, 0) is 27.9 Å². The zero-order valence-corrected chi connectivity index (χ0v) is 18.1. The van der Waals surface area contributed by atoms with Crippen LogP contribution in [0.5, 0.6) is 0 Å². The van der Waals surface area contributed by atoms with E-state index >= 15 is 0 Å². The molecule has 1 unspecified atom stereocenters. The van der Waals surface area contributed by atoms with Crippen molar-refractivity contribution in [1.29, 1.82) is 0 Å². The van der Waals surface area contributed by atoms with Crippen LogP contribution in [0.15, 0.2) is 64.4 Å². The van der Waals surface area contributed by atoms with Gasteiger partial charge in [-0.1, -0.05) is 30.3 Å². The van der Waals surface area contributed by atoms with Crippen molar-refractivity contribution in [3.05, 3.63) is 71.4 Å². The van der Waals surface area contributed by atoms with Crippen LogP contribution in [0.2, 0.25) is 0 Å². The van der Waals surface area contributed by atoms with Crippen molar-refractivity contribution in [2.45, 2.75) is 30.1 Å². The number of hydrogen-bond acceptors (Lipinski definition) is 5. The topological polar surface area (TPSA) is 84.3 Å². The molecule has 7 nitrogen and oxygen atoms in total. The van der Waals surface area contributed by atoms with Gasteiger partial charge < -0.3 is 5.32 Å². The van der Waals surface area contributed by atoms with Crippen LogP contribution in [0, 0.1) is 5.92 Å². The quantitative estimate of drug-likeness (QED) is 0.607. The number of carbonyl (C=O) groups excluding carboxylic acids is 1. The van der Waals surface area contributed by atoms with Gasteiger partial charge in [0.05, 0.1) is 12.5 Å². The van der Waals surface area contributed by atoms with Gasteiger partial charge in [-0.25, -0.2) is 8.42 Å². The first-order valence-electron chi connectivity index (χ1n) is 9.89. The summed E-state index contributed by atoms with van der Waals surface area (Å²) < 4.78 is 29.1. The van der Waals surface area contributed by atoms with Gasteiger partial charge in [0, 0.05) is 32.0 Å². The lowest BCUT2D eigenvalue weighted by atomic mass is 9.98. The average Bonchev–Trinajstić information content (AvgIpc) is 3.48. The third kappa shape index (κ3) is 4.80. The number of piperidine rings is 1. The molecule has 0 aliphatic carbocycles. The van der Waals surface area contributed by atoms with Crippen molar-refractivity contribution >= 4 is 27.3 Å². The maximum Gasteiger partial charge on any atom is 0.252 e. The number of benzene rings is 1. The van der Waals surface area contributed by atoms with Crippen molar-refractivity contribution in [2.75, 3.05) is 13.1 Å². The summed E-state index contributed by atoms with van der Waals surface area (Å²) in [6.07, 6.45) is 5.05. The molecule has 9 heteroatoms. The molecule has 1 aliphatic heterocycles. The minimum atomic E-state index is -3.51. The van der Waals surface area contributed by atoms with Crippen LogP contribution in [0.1, 0.15) is 24.0 Å². The third-order valence-electron chi connectivity index (χ3n) is 5.24. The molecule has 1 atom stereocenters. The minimum Gasteiger partial charge on any atom is -0.352 e. The molecule has 1 saturated heterocycles. The van der Waals surface area contributed by atoms with Crippen LogP contribution < -0.4 is 5.32 Å². The second-order valence-corrected chi connectivity index (χ2v) is 10.5. The summed E-state index contributed by atoms with van der Waals surface area (Å²) in [5.74, 6) is -0.422. The van der Waals surface area contributed by atoms with Crippen LogP contribution in [0.4, 0.5) is 0 Å². The first-order valence-corrected chi connectivity index (χ1v) is 12.2. The molecule has 2 aromatic heterocycles. The Morgan fingerprint density at radius 2 is 1.97 bits per heavy atom. The van der Waals surface area contributed by atoms with Gasteiger partial charge in [0.2, 0.25) is 5.91 Å². The van der Waals surface area contributed by atoms with Gasteiger partial charge in [-0.05, 0) is 41.5 Å². The van der Waals surface area contributed by atoms with E-state index in [1.807, 2.05) is 41.2 Å². The van der Waals surface area contributed by atoms with Crippen LogP contribution >= 0.6 is 11.3 Å². The fourth-order valence-corrected chi connectivity index (χ4v) is 6.26. The highest BCUT2D eigenvalue weighted by molar-refractivity contribution is 7.91. The number of thiophene rings is 1. The highest BCUT2D eigenvalue weighted by Gasteiger charge is 2.33. The van der Waals surface area contributed by atoms with Crippen molar-refractivity contribution in [3.63, 3.8) is 0 Å². The molecule has 0 radical (unpaired) electrons. The van der Waals surface area contributed by atoms with E-state index in [9.17, 15) is 13.2 Å². The van der Waals surface area contributed by atoms with E-state index in [-0.39, 0.29) is 18.4 Å². The van der Waals surface area contributed by atoms with Crippen LogP contribution in [-0.4, -0.2) is 41.5 Å². The van der Waals surface area contributed by atoms with Gasteiger partial charge in [-0.2, -0.15) is 9.40 Å². The van der Waals surface area contributed by atoms with Gasteiger partial charge in [0.1, 0.15) is 4.21 Å². The van der Waals surface area contributed by atoms with E-state index in [1.165, 1.54) is 15.6 Å². The van der Waals surface area contributed by atoms with E-state index in [2.05, 4.69) is 10.4 Å². The monoisotopic (exact) mass is 444 g/mol. The van der Waals surface area contributed by atoms with Crippen LogP contribution in [0.25, 0.3) is 0 Å². The number of carbonyl (C=O) groups is 1. The zero-order chi connectivity index (χ0) is 21.0. The molecule has 158 valence electrons. The lowest BCUT2D eigenvalue weighted by Crippen LogP contribution is -2.45. The number of sulfonamides is 1. The molecule has 1 aliphatic rings. The highest BCUT2D eigenvalue weighted by Crippen LogP contribution is 2.26. The van der Waals surface area contributed by atoms with Gasteiger partial charge in [0.25, 0.3) is 10.0 Å². The Hall–Kier alpha value is -2.49. The maximum atomic E-state index is 12.7. The Morgan fingerprint density at radius 3 is 2.67 bits per heavy atom. The summed E-state index contributed by atoms with van der Waals surface area (Å²) in [5, 5.41) is 8.91.